The van der Waals surface area contributed by atoms with Crippen molar-refractivity contribution in [3.63, 3.8) is 0 Å². The predicted octanol–water partition coefficient (Wildman–Crippen LogP) is 4.56. The fourth-order valence-corrected chi connectivity index (χ4v) is 4.59. The third kappa shape index (κ3) is 8.46. The normalized spacial score (nSPS) is 19.0. The molecule has 6 heteroatoms. The zero-order valence-corrected chi connectivity index (χ0v) is 20.7. The maximum absolute atomic E-state index is 12.5. The molecule has 1 heterocycles. The van der Waals surface area contributed by atoms with Gasteiger partial charge < -0.3 is 15.5 Å². The summed E-state index contributed by atoms with van der Waals surface area (Å²) in [6, 6.07) is 0.417. The van der Waals surface area contributed by atoms with E-state index in [0.29, 0.717) is 11.9 Å². The number of carbonyl (C=O) groups is 1. The van der Waals surface area contributed by atoms with Crippen LogP contribution in [0.3, 0.4) is 0 Å². The van der Waals surface area contributed by atoms with Crippen LogP contribution in [0.25, 0.3) is 0 Å². The van der Waals surface area contributed by atoms with E-state index in [-0.39, 0.29) is 29.9 Å². The monoisotopic (exact) mass is 506 g/mol. The summed E-state index contributed by atoms with van der Waals surface area (Å²) in [7, 11) is 1.85. The molecule has 164 valence electrons. The summed E-state index contributed by atoms with van der Waals surface area (Å²) in [5.41, 5.74) is 0. The number of unbranched alkanes of at least 4 members (excludes halogenated alkanes) is 1. The van der Waals surface area contributed by atoms with E-state index in [1.54, 1.807) is 0 Å². The molecule has 1 saturated carbocycles. The number of rotatable bonds is 9. The summed E-state index contributed by atoms with van der Waals surface area (Å²) in [5.74, 6) is 2.47. The first kappa shape index (κ1) is 25.5. The van der Waals surface area contributed by atoms with Crippen molar-refractivity contribution in [3.05, 3.63) is 0 Å². The maximum Gasteiger partial charge on any atom is 0.225 e. The molecule has 0 aromatic carbocycles. The number of carbonyl (C=O) groups excluding carboxylic acids is 1. The van der Waals surface area contributed by atoms with Gasteiger partial charge in [-0.25, -0.2) is 0 Å². The molecule has 0 atom stereocenters. The van der Waals surface area contributed by atoms with Crippen molar-refractivity contribution in [3.8, 4) is 0 Å². The molecule has 2 N–H and O–H groups in total. The Labute approximate surface area is 189 Å². The first-order valence-electron chi connectivity index (χ1n) is 11.4. The van der Waals surface area contributed by atoms with Gasteiger partial charge in [0.1, 0.15) is 0 Å². The Morgan fingerprint density at radius 3 is 2.29 bits per heavy atom. The van der Waals surface area contributed by atoms with Crippen LogP contribution in [0.2, 0.25) is 0 Å². The van der Waals surface area contributed by atoms with Gasteiger partial charge in [-0.3, -0.25) is 9.79 Å². The van der Waals surface area contributed by atoms with E-state index in [2.05, 4.69) is 34.4 Å². The summed E-state index contributed by atoms with van der Waals surface area (Å²) in [6.07, 6.45) is 13.7. The highest BCUT2D eigenvalue weighted by Gasteiger charge is 2.26. The van der Waals surface area contributed by atoms with Crippen molar-refractivity contribution in [1.29, 1.82) is 0 Å². The molecule has 0 bridgehead atoms. The number of nitrogens with one attached hydrogen (secondary N) is 2. The first-order valence-corrected chi connectivity index (χ1v) is 11.4. The minimum Gasteiger partial charge on any atom is -0.356 e. The first-order chi connectivity index (χ1) is 13.2. The molecule has 0 aromatic heterocycles. The van der Waals surface area contributed by atoms with Gasteiger partial charge in [0.15, 0.2) is 5.96 Å². The minimum absolute atomic E-state index is 0. The summed E-state index contributed by atoms with van der Waals surface area (Å²) >= 11 is 0. The molecule has 0 spiro atoms. The number of nitrogens with zero attached hydrogens (tertiary/aromatic N) is 2. The number of aliphatic imine (C=N–C) groups is 1. The molecule has 28 heavy (non-hydrogen) atoms. The van der Waals surface area contributed by atoms with Crippen LogP contribution in [0.4, 0.5) is 0 Å². The smallest absolute Gasteiger partial charge is 0.225 e. The highest BCUT2D eigenvalue weighted by Crippen LogP contribution is 2.28. The zero-order chi connectivity index (χ0) is 19.5. The lowest BCUT2D eigenvalue weighted by molar-refractivity contribution is -0.136. The molecule has 1 amide bonds. The molecule has 0 radical (unpaired) electrons. The van der Waals surface area contributed by atoms with Gasteiger partial charge in [-0.05, 0) is 38.0 Å². The van der Waals surface area contributed by atoms with E-state index in [1.165, 1.54) is 44.9 Å². The van der Waals surface area contributed by atoms with Crippen molar-refractivity contribution in [1.82, 2.24) is 15.5 Å². The Hall–Kier alpha value is -0.530. The quantitative estimate of drug-likeness (QED) is 0.209. The third-order valence-electron chi connectivity index (χ3n) is 6.51. The summed E-state index contributed by atoms with van der Waals surface area (Å²) in [5, 5.41) is 7.03. The fourth-order valence-electron chi connectivity index (χ4n) is 4.59. The van der Waals surface area contributed by atoms with Gasteiger partial charge in [-0.15, -0.1) is 24.0 Å². The molecule has 0 aromatic rings. The number of likely N-dealkylation sites (tertiary alicyclic amines) is 1. The molecule has 2 rings (SSSR count). The molecule has 2 aliphatic rings. The fraction of sp³-hybridized carbons (Fsp3) is 0.909. The van der Waals surface area contributed by atoms with Crippen LogP contribution in [-0.2, 0) is 4.79 Å². The van der Waals surface area contributed by atoms with Gasteiger partial charge in [-0.2, -0.15) is 0 Å². The number of guanidine groups is 1. The van der Waals surface area contributed by atoms with E-state index >= 15 is 0 Å². The van der Waals surface area contributed by atoms with Gasteiger partial charge in [0.25, 0.3) is 0 Å². The highest BCUT2D eigenvalue weighted by molar-refractivity contribution is 14.0. The van der Waals surface area contributed by atoms with Crippen LogP contribution in [0.5, 0.6) is 0 Å². The Bertz CT molecular complexity index is 453. The molecule has 1 aliphatic heterocycles. The van der Waals surface area contributed by atoms with Crippen molar-refractivity contribution < 1.29 is 4.79 Å². The van der Waals surface area contributed by atoms with Crippen molar-refractivity contribution in [2.75, 3.05) is 26.7 Å². The summed E-state index contributed by atoms with van der Waals surface area (Å²) in [6.45, 7) is 6.96. The van der Waals surface area contributed by atoms with Crippen LogP contribution in [-0.4, -0.2) is 49.5 Å². The molecule has 2 fully saturated rings. The Morgan fingerprint density at radius 2 is 1.71 bits per heavy atom. The van der Waals surface area contributed by atoms with Gasteiger partial charge in [0.05, 0.1) is 0 Å². The van der Waals surface area contributed by atoms with Gasteiger partial charge in [0, 0.05) is 38.6 Å². The average molecular weight is 507 g/mol. The average Bonchev–Trinajstić information content (AvgIpc) is 3.21. The number of piperidine rings is 1. The van der Waals surface area contributed by atoms with Crippen LogP contribution in [0, 0.1) is 11.8 Å². The van der Waals surface area contributed by atoms with Gasteiger partial charge in [-0.1, -0.05) is 52.4 Å². The highest BCUT2D eigenvalue weighted by atomic mass is 127. The number of halogens is 1. The summed E-state index contributed by atoms with van der Waals surface area (Å²) < 4.78 is 0. The van der Waals surface area contributed by atoms with Crippen molar-refractivity contribution >= 4 is 35.8 Å². The van der Waals surface area contributed by atoms with Gasteiger partial charge in [0.2, 0.25) is 5.91 Å². The Balaban J connectivity index is 0.00000392. The van der Waals surface area contributed by atoms with Crippen LogP contribution >= 0.6 is 24.0 Å². The van der Waals surface area contributed by atoms with E-state index in [0.717, 1.165) is 57.2 Å². The number of amides is 1. The standard InChI is InChI=1S/C22H42N4O.HI/c1-4-19(5-2)21(27)26-16-13-20(14-17-26)25-22(23-3)24-15-9-8-12-18-10-6-7-11-18;/h18-20H,4-17H2,1-3H3,(H2,23,24,25);1H. The second kappa shape index (κ2) is 14.5. The predicted molar refractivity (Wildman–Crippen MR) is 129 cm³/mol. The van der Waals surface area contributed by atoms with Crippen LogP contribution in [0.1, 0.15) is 84.5 Å². The van der Waals surface area contributed by atoms with Gasteiger partial charge >= 0.3 is 0 Å². The Morgan fingerprint density at radius 1 is 1.07 bits per heavy atom. The second-order valence-corrected chi connectivity index (χ2v) is 8.40. The van der Waals surface area contributed by atoms with E-state index in [4.69, 9.17) is 0 Å². The van der Waals surface area contributed by atoms with E-state index in [1.807, 2.05) is 7.05 Å². The van der Waals surface area contributed by atoms with Crippen LogP contribution < -0.4 is 10.6 Å². The minimum atomic E-state index is 0. The molecule has 1 saturated heterocycles. The molecular formula is C22H43IN4O. The summed E-state index contributed by atoms with van der Waals surface area (Å²) in [4.78, 5) is 19.0. The number of hydrogen-bond donors (Lipinski definition) is 2. The topological polar surface area (TPSA) is 56.7 Å². The lowest BCUT2D eigenvalue weighted by Gasteiger charge is -2.34. The van der Waals surface area contributed by atoms with E-state index in [9.17, 15) is 4.79 Å². The second-order valence-electron chi connectivity index (χ2n) is 8.40. The third-order valence-corrected chi connectivity index (χ3v) is 6.51. The lowest BCUT2D eigenvalue weighted by atomic mass is 9.98. The molecule has 5 nitrogen and oxygen atoms in total. The molecular weight excluding hydrogens is 463 g/mol. The van der Waals surface area contributed by atoms with Crippen LogP contribution in [0.15, 0.2) is 4.99 Å². The van der Waals surface area contributed by atoms with Crippen molar-refractivity contribution in [2.24, 2.45) is 16.8 Å². The molecule has 1 aliphatic carbocycles. The Kier molecular flexibility index (Phi) is 13.2. The van der Waals surface area contributed by atoms with Crippen molar-refractivity contribution in [2.45, 2.75) is 90.5 Å². The largest absolute Gasteiger partial charge is 0.356 e. The zero-order valence-electron chi connectivity index (χ0n) is 18.3. The SMILES string of the molecule is CCC(CC)C(=O)N1CCC(NC(=NC)NCCCCC2CCCC2)CC1.I. The lowest BCUT2D eigenvalue weighted by Crippen LogP contribution is -2.50. The molecule has 0 unspecified atom stereocenters. The van der Waals surface area contributed by atoms with E-state index < -0.39 is 0 Å². The number of hydrogen-bond acceptors (Lipinski definition) is 2. The maximum atomic E-state index is 12.5.